The number of rotatable bonds is 8. The quantitative estimate of drug-likeness (QED) is 0.495. The summed E-state index contributed by atoms with van der Waals surface area (Å²) < 4.78 is 10.2. The van der Waals surface area contributed by atoms with E-state index in [9.17, 15) is 14.4 Å². The Bertz CT molecular complexity index is 656. The van der Waals surface area contributed by atoms with Crippen molar-refractivity contribution in [3.05, 3.63) is 24.4 Å². The van der Waals surface area contributed by atoms with E-state index in [0.717, 1.165) is 5.82 Å². The molecule has 9 heteroatoms. The number of piperazine rings is 1. The number of hydrogen-bond donors (Lipinski definition) is 1. The van der Waals surface area contributed by atoms with E-state index in [2.05, 4.69) is 15.2 Å². The maximum atomic E-state index is 12.7. The van der Waals surface area contributed by atoms with Gasteiger partial charge in [0.05, 0.1) is 13.2 Å². The van der Waals surface area contributed by atoms with Crippen LogP contribution < -0.4 is 10.2 Å². The number of carbonyl (C=O) groups is 3. The Labute approximate surface area is 165 Å². The van der Waals surface area contributed by atoms with Gasteiger partial charge in [-0.25, -0.2) is 14.6 Å². The topological polar surface area (TPSA) is 101 Å². The largest absolute Gasteiger partial charge is 0.464 e. The van der Waals surface area contributed by atoms with E-state index < -0.39 is 23.4 Å². The van der Waals surface area contributed by atoms with Gasteiger partial charge in [0, 0.05) is 45.8 Å². The minimum Gasteiger partial charge on any atom is -0.464 e. The van der Waals surface area contributed by atoms with Crippen LogP contribution in [0.1, 0.15) is 20.8 Å². The molecule has 28 heavy (non-hydrogen) atoms. The molecule has 1 N–H and O–H groups in total. The van der Waals surface area contributed by atoms with Crippen LogP contribution in [0, 0.1) is 0 Å². The predicted octanol–water partition coefficient (Wildman–Crippen LogP) is 0.205. The van der Waals surface area contributed by atoms with E-state index in [0.29, 0.717) is 26.2 Å². The van der Waals surface area contributed by atoms with Crippen LogP contribution in [0.25, 0.3) is 0 Å². The summed E-state index contributed by atoms with van der Waals surface area (Å²) in [6.07, 6.45) is 1.74. The van der Waals surface area contributed by atoms with Crippen molar-refractivity contribution in [3.8, 4) is 0 Å². The maximum absolute atomic E-state index is 12.7. The van der Waals surface area contributed by atoms with E-state index in [1.165, 1.54) is 6.92 Å². The molecule has 154 valence electrons. The molecule has 0 unspecified atom stereocenters. The summed E-state index contributed by atoms with van der Waals surface area (Å²) in [7, 11) is 0. The summed E-state index contributed by atoms with van der Waals surface area (Å²) >= 11 is 0. The molecule has 0 aliphatic carbocycles. The van der Waals surface area contributed by atoms with Crippen LogP contribution in [-0.4, -0.2) is 79.2 Å². The average molecular weight is 392 g/mol. The lowest BCUT2D eigenvalue weighted by atomic mass is 9.97. The van der Waals surface area contributed by atoms with Gasteiger partial charge in [-0.1, -0.05) is 6.07 Å². The summed E-state index contributed by atoms with van der Waals surface area (Å²) in [5, 5.41) is 2.50. The zero-order valence-electron chi connectivity index (χ0n) is 16.6. The summed E-state index contributed by atoms with van der Waals surface area (Å²) in [4.78, 5) is 45.6. The van der Waals surface area contributed by atoms with Crippen molar-refractivity contribution < 1.29 is 23.9 Å². The van der Waals surface area contributed by atoms with Gasteiger partial charge in [-0.2, -0.15) is 0 Å². The predicted molar refractivity (Wildman–Crippen MR) is 103 cm³/mol. The van der Waals surface area contributed by atoms with Gasteiger partial charge in [-0.3, -0.25) is 9.69 Å². The van der Waals surface area contributed by atoms with Gasteiger partial charge in [-0.05, 0) is 26.0 Å². The lowest BCUT2D eigenvalue weighted by Crippen LogP contribution is -2.67. The molecule has 0 atom stereocenters. The summed E-state index contributed by atoms with van der Waals surface area (Å²) in [5.74, 6) is -1.24. The van der Waals surface area contributed by atoms with Crippen molar-refractivity contribution >= 4 is 23.7 Å². The fourth-order valence-electron chi connectivity index (χ4n) is 3.17. The van der Waals surface area contributed by atoms with E-state index in [4.69, 9.17) is 9.47 Å². The Balaban J connectivity index is 2.16. The van der Waals surface area contributed by atoms with Crippen LogP contribution in [0.3, 0.4) is 0 Å². The summed E-state index contributed by atoms with van der Waals surface area (Å²) in [6, 6.07) is 5.73. The first-order valence-electron chi connectivity index (χ1n) is 9.44. The van der Waals surface area contributed by atoms with Gasteiger partial charge in [0.1, 0.15) is 5.82 Å². The highest BCUT2D eigenvalue weighted by Gasteiger charge is 2.51. The molecule has 1 saturated heterocycles. The number of amides is 1. The van der Waals surface area contributed by atoms with Crippen LogP contribution in [0.15, 0.2) is 24.4 Å². The van der Waals surface area contributed by atoms with Crippen LogP contribution in [-0.2, 0) is 23.9 Å². The minimum absolute atomic E-state index is 0.0136. The van der Waals surface area contributed by atoms with Gasteiger partial charge in [-0.15, -0.1) is 0 Å². The molecule has 1 aromatic rings. The third-order valence-corrected chi connectivity index (χ3v) is 4.44. The Hall–Kier alpha value is -2.68. The van der Waals surface area contributed by atoms with Crippen LogP contribution >= 0.6 is 0 Å². The van der Waals surface area contributed by atoms with Crippen LogP contribution in [0.4, 0.5) is 5.82 Å². The lowest BCUT2D eigenvalue weighted by molar-refractivity contribution is -0.169. The Kier molecular flexibility index (Phi) is 7.74. The molecule has 1 aliphatic rings. The van der Waals surface area contributed by atoms with Crippen molar-refractivity contribution in [2.24, 2.45) is 0 Å². The molecule has 1 amide bonds. The van der Waals surface area contributed by atoms with E-state index in [-0.39, 0.29) is 19.8 Å². The normalized spacial score (nSPS) is 15.0. The van der Waals surface area contributed by atoms with Gasteiger partial charge in [0.2, 0.25) is 11.4 Å². The van der Waals surface area contributed by atoms with Crippen molar-refractivity contribution in [2.45, 2.75) is 26.3 Å². The van der Waals surface area contributed by atoms with Gasteiger partial charge in [0.15, 0.2) is 0 Å². The molecule has 1 aromatic heterocycles. The van der Waals surface area contributed by atoms with Crippen molar-refractivity contribution in [1.82, 2.24) is 15.2 Å². The van der Waals surface area contributed by atoms with Gasteiger partial charge in [0.25, 0.3) is 0 Å². The molecular formula is C19H28N4O5. The van der Waals surface area contributed by atoms with Crippen molar-refractivity contribution in [3.63, 3.8) is 0 Å². The molecule has 2 rings (SSSR count). The van der Waals surface area contributed by atoms with E-state index in [1.54, 1.807) is 20.0 Å². The number of nitrogens with zero attached hydrogens (tertiary/aromatic N) is 3. The Morgan fingerprint density at radius 3 is 2.14 bits per heavy atom. The fraction of sp³-hybridized carbons (Fsp3) is 0.579. The molecule has 1 aliphatic heterocycles. The number of hydrogen-bond acceptors (Lipinski definition) is 8. The molecule has 0 bridgehead atoms. The summed E-state index contributed by atoms with van der Waals surface area (Å²) in [6.45, 7) is 7.26. The van der Waals surface area contributed by atoms with E-state index >= 15 is 0 Å². The molecular weight excluding hydrogens is 364 g/mol. The second-order valence-electron chi connectivity index (χ2n) is 6.48. The van der Waals surface area contributed by atoms with E-state index in [1.807, 2.05) is 23.1 Å². The molecule has 0 radical (unpaired) electrons. The highest BCUT2D eigenvalue weighted by molar-refractivity contribution is 6.08. The summed E-state index contributed by atoms with van der Waals surface area (Å²) in [5.41, 5.74) is -1.88. The molecule has 0 saturated carbocycles. The molecule has 9 nitrogen and oxygen atoms in total. The first-order valence-corrected chi connectivity index (χ1v) is 9.44. The third kappa shape index (κ3) is 5.19. The van der Waals surface area contributed by atoms with Gasteiger partial charge < -0.3 is 19.7 Å². The number of pyridine rings is 1. The molecule has 0 spiro atoms. The highest BCUT2D eigenvalue weighted by Crippen LogP contribution is 2.18. The second kappa shape index (κ2) is 10.0. The average Bonchev–Trinajstić information content (AvgIpc) is 2.68. The lowest BCUT2D eigenvalue weighted by Gasteiger charge is -2.39. The number of carbonyl (C=O) groups excluding carboxylic acids is 3. The third-order valence-electron chi connectivity index (χ3n) is 4.44. The maximum Gasteiger partial charge on any atom is 0.345 e. The minimum atomic E-state index is -1.88. The number of nitrogens with one attached hydrogen (secondary N) is 1. The number of anilines is 1. The fourth-order valence-corrected chi connectivity index (χ4v) is 3.17. The monoisotopic (exact) mass is 392 g/mol. The van der Waals surface area contributed by atoms with Gasteiger partial charge >= 0.3 is 11.9 Å². The first-order chi connectivity index (χ1) is 13.4. The highest BCUT2D eigenvalue weighted by atomic mass is 16.6. The van der Waals surface area contributed by atoms with Crippen LogP contribution in [0.5, 0.6) is 0 Å². The zero-order valence-corrected chi connectivity index (χ0v) is 16.6. The standard InChI is InChI=1S/C19H28N4O5/c1-4-27-17(25)19(21-15(3)24,18(26)28-5-2)14-22-10-12-23(13-11-22)16-8-6-7-9-20-16/h6-9H,4-5,10-14H2,1-3H3,(H,21,24). The smallest absolute Gasteiger partial charge is 0.345 e. The second-order valence-corrected chi connectivity index (χ2v) is 6.48. The SMILES string of the molecule is CCOC(=O)C(CN1CCN(c2ccccn2)CC1)(NC(C)=O)C(=O)OCC. The van der Waals surface area contributed by atoms with Crippen LogP contribution in [0.2, 0.25) is 0 Å². The number of aromatic nitrogens is 1. The Morgan fingerprint density at radius 1 is 1.07 bits per heavy atom. The zero-order chi connectivity index (χ0) is 20.6. The molecule has 2 heterocycles. The van der Waals surface area contributed by atoms with Crippen molar-refractivity contribution in [1.29, 1.82) is 0 Å². The Morgan fingerprint density at radius 2 is 1.68 bits per heavy atom. The number of ether oxygens (including phenoxy) is 2. The number of esters is 2. The van der Waals surface area contributed by atoms with Crippen molar-refractivity contribution in [2.75, 3.05) is 50.8 Å². The molecule has 0 aromatic carbocycles. The first kappa shape index (κ1) is 21.6. The molecule has 1 fully saturated rings.